The Morgan fingerprint density at radius 2 is 1.86 bits per heavy atom. The first-order chi connectivity index (χ1) is 9.86. The Bertz CT molecular complexity index is 646. The van der Waals surface area contributed by atoms with E-state index >= 15 is 0 Å². The first-order valence-corrected chi connectivity index (χ1v) is 8.33. The van der Waals surface area contributed by atoms with Gasteiger partial charge in [0.2, 0.25) is 10.0 Å². The van der Waals surface area contributed by atoms with Crippen LogP contribution in [-0.4, -0.2) is 50.3 Å². The zero-order chi connectivity index (χ0) is 15.6. The van der Waals surface area contributed by atoms with Gasteiger partial charge < -0.3 is 5.73 Å². The summed E-state index contributed by atoms with van der Waals surface area (Å²) in [6, 6.07) is 3.24. The molecular weight excluding hydrogens is 286 g/mol. The van der Waals surface area contributed by atoms with Gasteiger partial charge in [0.05, 0.1) is 11.4 Å². The van der Waals surface area contributed by atoms with Crippen molar-refractivity contribution in [2.75, 3.05) is 38.5 Å². The smallest absolute Gasteiger partial charge is 0.243 e. The molecule has 0 saturated carbocycles. The molecule has 2 N–H and O–H groups in total. The molecule has 6 heteroatoms. The molecule has 114 valence electrons. The van der Waals surface area contributed by atoms with Crippen LogP contribution in [0.1, 0.15) is 11.1 Å². The number of sulfonamides is 1. The third kappa shape index (κ3) is 3.21. The molecule has 0 unspecified atom stereocenters. The molecule has 21 heavy (non-hydrogen) atoms. The van der Waals surface area contributed by atoms with E-state index in [4.69, 9.17) is 12.2 Å². The topological polar surface area (TPSA) is 66.6 Å². The van der Waals surface area contributed by atoms with Gasteiger partial charge in [-0.3, -0.25) is 4.90 Å². The van der Waals surface area contributed by atoms with Crippen LogP contribution >= 0.6 is 0 Å². The highest BCUT2D eigenvalue weighted by atomic mass is 32.2. The molecule has 0 atom stereocenters. The number of hydrogen-bond donors (Lipinski definition) is 1. The molecule has 0 bridgehead atoms. The summed E-state index contributed by atoms with van der Waals surface area (Å²) in [5.41, 5.74) is 8.22. The van der Waals surface area contributed by atoms with Crippen LogP contribution in [0.5, 0.6) is 0 Å². The van der Waals surface area contributed by atoms with Gasteiger partial charge in [-0.25, -0.2) is 8.42 Å². The summed E-state index contributed by atoms with van der Waals surface area (Å²) in [5, 5.41) is 0. The molecule has 1 heterocycles. The quantitative estimate of drug-likeness (QED) is 0.663. The van der Waals surface area contributed by atoms with Gasteiger partial charge in [-0.15, -0.1) is 6.42 Å². The summed E-state index contributed by atoms with van der Waals surface area (Å²) in [4.78, 5) is 2.34. The number of rotatable bonds is 3. The summed E-state index contributed by atoms with van der Waals surface area (Å²) in [6.45, 7) is 6.54. The predicted octanol–water partition coefficient (Wildman–Crippen LogP) is 0.825. The normalized spacial score (nSPS) is 17.6. The monoisotopic (exact) mass is 307 g/mol. The van der Waals surface area contributed by atoms with Crippen molar-refractivity contribution in [1.29, 1.82) is 0 Å². The van der Waals surface area contributed by atoms with Crippen LogP contribution in [0.15, 0.2) is 17.0 Å². The molecule has 2 rings (SSSR count). The first kappa shape index (κ1) is 15.8. The van der Waals surface area contributed by atoms with Crippen molar-refractivity contribution in [3.8, 4) is 12.3 Å². The third-order valence-electron chi connectivity index (χ3n) is 3.96. The molecule has 1 saturated heterocycles. The molecule has 1 aliphatic heterocycles. The summed E-state index contributed by atoms with van der Waals surface area (Å²) < 4.78 is 26.9. The highest BCUT2D eigenvalue weighted by Gasteiger charge is 2.28. The average Bonchev–Trinajstić information content (AvgIpc) is 2.45. The summed E-state index contributed by atoms with van der Waals surface area (Å²) in [7, 11) is -3.49. The Labute approximate surface area is 126 Å². The van der Waals surface area contributed by atoms with E-state index < -0.39 is 10.0 Å². The lowest BCUT2D eigenvalue weighted by atomic mass is 10.1. The van der Waals surface area contributed by atoms with Gasteiger partial charge in [0, 0.05) is 31.9 Å². The lowest BCUT2D eigenvalue weighted by Gasteiger charge is -2.33. The van der Waals surface area contributed by atoms with Crippen molar-refractivity contribution in [3.63, 3.8) is 0 Å². The van der Waals surface area contributed by atoms with Gasteiger partial charge in [0.1, 0.15) is 0 Å². The van der Waals surface area contributed by atoms with Crippen LogP contribution < -0.4 is 5.73 Å². The van der Waals surface area contributed by atoms with Crippen LogP contribution in [0, 0.1) is 26.2 Å². The van der Waals surface area contributed by atoms with Crippen molar-refractivity contribution in [3.05, 3.63) is 23.3 Å². The minimum Gasteiger partial charge on any atom is -0.398 e. The largest absolute Gasteiger partial charge is 0.398 e. The second-order valence-corrected chi connectivity index (χ2v) is 7.28. The maximum absolute atomic E-state index is 12.7. The Balaban J connectivity index is 2.22. The summed E-state index contributed by atoms with van der Waals surface area (Å²) >= 11 is 0. The number of nitrogens with two attached hydrogens (primary N) is 1. The molecule has 1 aliphatic rings. The zero-order valence-electron chi connectivity index (χ0n) is 12.5. The van der Waals surface area contributed by atoms with Crippen LogP contribution in [0.25, 0.3) is 0 Å². The van der Waals surface area contributed by atoms with Crippen molar-refractivity contribution in [2.24, 2.45) is 0 Å². The number of terminal acetylenes is 1. The highest BCUT2D eigenvalue weighted by molar-refractivity contribution is 7.89. The first-order valence-electron chi connectivity index (χ1n) is 6.89. The van der Waals surface area contributed by atoms with E-state index in [1.54, 1.807) is 12.1 Å². The fourth-order valence-electron chi connectivity index (χ4n) is 2.41. The van der Waals surface area contributed by atoms with Gasteiger partial charge in [-0.1, -0.05) is 5.92 Å². The standard InChI is InChI=1S/C15H21N3O2S/c1-4-5-17-6-8-18(9-7-17)21(19,20)14-10-12(2)13(3)15(16)11-14/h1,10-11H,5-9,16H2,2-3H3. The second-order valence-electron chi connectivity index (χ2n) is 5.34. The molecule has 0 aromatic heterocycles. The Kier molecular flexibility index (Phi) is 4.57. The zero-order valence-corrected chi connectivity index (χ0v) is 13.3. The highest BCUT2D eigenvalue weighted by Crippen LogP contribution is 2.24. The van der Waals surface area contributed by atoms with Gasteiger partial charge in [0.25, 0.3) is 0 Å². The molecule has 0 amide bonds. The molecule has 1 aromatic carbocycles. The molecule has 0 aliphatic carbocycles. The number of nitrogens with zero attached hydrogens (tertiary/aromatic N) is 2. The van der Waals surface area contributed by atoms with Gasteiger partial charge in [0.15, 0.2) is 0 Å². The SMILES string of the molecule is C#CCN1CCN(S(=O)(=O)c2cc(C)c(C)c(N)c2)CC1. The molecule has 0 radical (unpaired) electrons. The Morgan fingerprint density at radius 3 is 2.38 bits per heavy atom. The number of piperazine rings is 1. The average molecular weight is 307 g/mol. The Morgan fingerprint density at radius 1 is 1.24 bits per heavy atom. The Hall–Kier alpha value is -1.55. The van der Waals surface area contributed by atoms with Crippen LogP contribution in [0.2, 0.25) is 0 Å². The van der Waals surface area contributed by atoms with E-state index in [0.717, 1.165) is 11.1 Å². The maximum atomic E-state index is 12.7. The minimum atomic E-state index is -3.49. The van der Waals surface area contributed by atoms with E-state index in [0.29, 0.717) is 38.4 Å². The lowest BCUT2D eigenvalue weighted by molar-refractivity contribution is 0.207. The number of aryl methyl sites for hydroxylation is 1. The van der Waals surface area contributed by atoms with Crippen molar-refractivity contribution in [2.45, 2.75) is 18.7 Å². The molecule has 1 fully saturated rings. The van der Waals surface area contributed by atoms with E-state index in [-0.39, 0.29) is 4.90 Å². The lowest BCUT2D eigenvalue weighted by Crippen LogP contribution is -2.48. The van der Waals surface area contributed by atoms with E-state index in [1.807, 2.05) is 13.8 Å². The van der Waals surface area contributed by atoms with Crippen LogP contribution in [-0.2, 0) is 10.0 Å². The van der Waals surface area contributed by atoms with E-state index in [9.17, 15) is 8.42 Å². The third-order valence-corrected chi connectivity index (χ3v) is 5.84. The number of nitrogen functional groups attached to an aromatic ring is 1. The van der Waals surface area contributed by atoms with Crippen LogP contribution in [0.3, 0.4) is 0 Å². The van der Waals surface area contributed by atoms with Crippen LogP contribution in [0.4, 0.5) is 5.69 Å². The summed E-state index contributed by atoms with van der Waals surface area (Å²) in [6.07, 6.45) is 5.28. The maximum Gasteiger partial charge on any atom is 0.243 e. The van der Waals surface area contributed by atoms with Gasteiger partial charge in [-0.05, 0) is 37.1 Å². The van der Waals surface area contributed by atoms with Crippen molar-refractivity contribution < 1.29 is 8.42 Å². The van der Waals surface area contributed by atoms with Crippen molar-refractivity contribution >= 4 is 15.7 Å². The van der Waals surface area contributed by atoms with E-state index in [1.165, 1.54) is 4.31 Å². The van der Waals surface area contributed by atoms with Crippen molar-refractivity contribution in [1.82, 2.24) is 9.21 Å². The number of hydrogen-bond acceptors (Lipinski definition) is 4. The molecule has 0 spiro atoms. The van der Waals surface area contributed by atoms with E-state index in [2.05, 4.69) is 10.8 Å². The fraction of sp³-hybridized carbons (Fsp3) is 0.467. The molecule has 5 nitrogen and oxygen atoms in total. The van der Waals surface area contributed by atoms with Gasteiger partial charge in [-0.2, -0.15) is 4.31 Å². The van der Waals surface area contributed by atoms with Gasteiger partial charge >= 0.3 is 0 Å². The number of benzene rings is 1. The predicted molar refractivity (Wildman–Crippen MR) is 84.4 cm³/mol. The number of anilines is 1. The second kappa shape index (κ2) is 6.06. The molecule has 1 aromatic rings. The molecular formula is C15H21N3O2S. The minimum absolute atomic E-state index is 0.272. The summed E-state index contributed by atoms with van der Waals surface area (Å²) in [5.74, 6) is 2.59. The fourth-order valence-corrected chi connectivity index (χ4v) is 3.95.